The Hall–Kier alpha value is -0.610. The first-order chi connectivity index (χ1) is 10.3. The third kappa shape index (κ3) is 9.10. The van der Waals surface area contributed by atoms with Crippen LogP contribution < -0.4 is 11.1 Å². The second kappa shape index (κ2) is 12.0. The smallest absolute Gasteiger partial charge is 0.220 e. The topological polar surface area (TPSA) is 58.4 Å². The number of nitrogens with one attached hydrogen (secondary N) is 1. The molecule has 21 heavy (non-hydrogen) atoms. The maximum absolute atomic E-state index is 11.9. The minimum absolute atomic E-state index is 0.215. The van der Waals surface area contributed by atoms with Gasteiger partial charge >= 0.3 is 0 Å². The van der Waals surface area contributed by atoms with Gasteiger partial charge in [-0.1, -0.05) is 26.2 Å². The first kappa shape index (κ1) is 18.4. The van der Waals surface area contributed by atoms with E-state index in [4.69, 9.17) is 5.73 Å². The number of likely N-dealkylation sites (tertiary alicyclic amines) is 1. The standard InChI is InChI=1S/C17H35N3O/c1-2-7-16(10-11-18)8-9-17(21)19-12-6-15-20-13-4-3-5-14-20/h16H,2-15,18H2,1H3,(H,19,21). The summed E-state index contributed by atoms with van der Waals surface area (Å²) >= 11 is 0. The zero-order valence-electron chi connectivity index (χ0n) is 13.9. The first-order valence-corrected chi connectivity index (χ1v) is 8.95. The SMILES string of the molecule is CCCC(CCN)CCC(=O)NCCCN1CCCCC1. The number of hydrogen-bond donors (Lipinski definition) is 2. The predicted octanol–water partition coefficient (Wildman–Crippen LogP) is 2.52. The van der Waals surface area contributed by atoms with Crippen LogP contribution in [0, 0.1) is 5.92 Å². The molecule has 4 heteroatoms. The van der Waals surface area contributed by atoms with Gasteiger partial charge in [0, 0.05) is 13.0 Å². The molecule has 0 saturated carbocycles. The number of rotatable bonds is 11. The summed E-state index contributed by atoms with van der Waals surface area (Å²) in [5, 5.41) is 3.06. The van der Waals surface area contributed by atoms with Crippen molar-refractivity contribution in [1.29, 1.82) is 0 Å². The van der Waals surface area contributed by atoms with Gasteiger partial charge in [-0.05, 0) is 64.2 Å². The molecule has 1 atom stereocenters. The van der Waals surface area contributed by atoms with Crippen LogP contribution in [0.25, 0.3) is 0 Å². The Bertz CT molecular complexity index is 259. The van der Waals surface area contributed by atoms with E-state index in [0.29, 0.717) is 12.3 Å². The molecule has 0 aliphatic carbocycles. The van der Waals surface area contributed by atoms with Crippen molar-refractivity contribution < 1.29 is 4.79 Å². The summed E-state index contributed by atoms with van der Waals surface area (Å²) in [5.41, 5.74) is 5.63. The minimum Gasteiger partial charge on any atom is -0.356 e. The van der Waals surface area contributed by atoms with E-state index in [-0.39, 0.29) is 5.91 Å². The molecular formula is C17H35N3O. The summed E-state index contributed by atoms with van der Waals surface area (Å²) in [4.78, 5) is 14.4. The van der Waals surface area contributed by atoms with Gasteiger partial charge in [0.05, 0.1) is 0 Å². The third-order valence-corrected chi connectivity index (χ3v) is 4.47. The van der Waals surface area contributed by atoms with E-state index in [2.05, 4.69) is 17.1 Å². The van der Waals surface area contributed by atoms with Crippen LogP contribution >= 0.6 is 0 Å². The molecule has 0 aromatic rings. The summed E-state index contributed by atoms with van der Waals surface area (Å²) < 4.78 is 0. The average molecular weight is 297 g/mol. The highest BCUT2D eigenvalue weighted by Crippen LogP contribution is 2.16. The highest BCUT2D eigenvalue weighted by atomic mass is 16.1. The van der Waals surface area contributed by atoms with E-state index >= 15 is 0 Å². The van der Waals surface area contributed by atoms with Crippen molar-refractivity contribution in [2.24, 2.45) is 11.7 Å². The quantitative estimate of drug-likeness (QED) is 0.576. The maximum atomic E-state index is 11.9. The number of carbonyl (C=O) groups excluding carboxylic acids is 1. The van der Waals surface area contributed by atoms with Gasteiger partial charge in [0.25, 0.3) is 0 Å². The van der Waals surface area contributed by atoms with Crippen molar-refractivity contribution >= 4 is 5.91 Å². The largest absolute Gasteiger partial charge is 0.356 e. The molecule has 1 aliphatic rings. The lowest BCUT2D eigenvalue weighted by molar-refractivity contribution is -0.121. The summed E-state index contributed by atoms with van der Waals surface area (Å²) in [5.74, 6) is 0.839. The molecule has 0 aromatic heterocycles. The van der Waals surface area contributed by atoms with Gasteiger partial charge in [0.2, 0.25) is 5.91 Å². The third-order valence-electron chi connectivity index (χ3n) is 4.47. The van der Waals surface area contributed by atoms with Crippen molar-refractivity contribution in [3.05, 3.63) is 0 Å². The van der Waals surface area contributed by atoms with Crippen LogP contribution in [0.15, 0.2) is 0 Å². The summed E-state index contributed by atoms with van der Waals surface area (Å²) in [6.07, 6.45) is 10.2. The second-order valence-electron chi connectivity index (χ2n) is 6.38. The van der Waals surface area contributed by atoms with Crippen LogP contribution in [0.2, 0.25) is 0 Å². The second-order valence-corrected chi connectivity index (χ2v) is 6.38. The molecule has 4 nitrogen and oxygen atoms in total. The lowest BCUT2D eigenvalue weighted by Gasteiger charge is -2.26. The Morgan fingerprint density at radius 2 is 1.95 bits per heavy atom. The van der Waals surface area contributed by atoms with E-state index in [1.807, 2.05) is 0 Å². The Morgan fingerprint density at radius 1 is 1.19 bits per heavy atom. The van der Waals surface area contributed by atoms with Gasteiger partial charge in [-0.25, -0.2) is 0 Å². The molecule has 0 aromatic carbocycles. The van der Waals surface area contributed by atoms with E-state index < -0.39 is 0 Å². The Morgan fingerprint density at radius 3 is 2.62 bits per heavy atom. The monoisotopic (exact) mass is 297 g/mol. The van der Waals surface area contributed by atoms with Crippen LogP contribution in [-0.2, 0) is 4.79 Å². The number of amides is 1. The predicted molar refractivity (Wildman–Crippen MR) is 89.2 cm³/mol. The van der Waals surface area contributed by atoms with Gasteiger partial charge in [0.15, 0.2) is 0 Å². The zero-order valence-corrected chi connectivity index (χ0v) is 13.9. The summed E-state index contributed by atoms with van der Waals surface area (Å²) in [6.45, 7) is 7.38. The van der Waals surface area contributed by atoms with Crippen LogP contribution in [0.4, 0.5) is 0 Å². The van der Waals surface area contributed by atoms with Crippen molar-refractivity contribution in [1.82, 2.24) is 10.2 Å². The highest BCUT2D eigenvalue weighted by Gasteiger charge is 2.11. The van der Waals surface area contributed by atoms with E-state index in [1.54, 1.807) is 0 Å². The Kier molecular flexibility index (Phi) is 10.5. The lowest BCUT2D eigenvalue weighted by atomic mass is 9.94. The fraction of sp³-hybridized carbons (Fsp3) is 0.941. The molecule has 0 spiro atoms. The number of nitrogens with two attached hydrogens (primary N) is 1. The average Bonchev–Trinajstić information content (AvgIpc) is 2.51. The van der Waals surface area contributed by atoms with Crippen molar-refractivity contribution in [3.8, 4) is 0 Å². The van der Waals surface area contributed by atoms with E-state index in [0.717, 1.165) is 38.9 Å². The van der Waals surface area contributed by atoms with Crippen LogP contribution in [0.3, 0.4) is 0 Å². The molecule has 0 radical (unpaired) electrons. The molecule has 1 amide bonds. The highest BCUT2D eigenvalue weighted by molar-refractivity contribution is 5.75. The van der Waals surface area contributed by atoms with Crippen molar-refractivity contribution in [2.75, 3.05) is 32.7 Å². The van der Waals surface area contributed by atoms with Gasteiger partial charge in [0.1, 0.15) is 0 Å². The van der Waals surface area contributed by atoms with Gasteiger partial charge < -0.3 is 16.0 Å². The number of hydrogen-bond acceptors (Lipinski definition) is 3. The summed E-state index contributed by atoms with van der Waals surface area (Å²) in [7, 11) is 0. The molecule has 124 valence electrons. The Balaban J connectivity index is 2.01. The fourth-order valence-corrected chi connectivity index (χ4v) is 3.21. The molecule has 1 heterocycles. The molecule has 3 N–H and O–H groups in total. The molecule has 1 aliphatic heterocycles. The minimum atomic E-state index is 0.215. The van der Waals surface area contributed by atoms with Crippen molar-refractivity contribution in [2.45, 2.75) is 64.7 Å². The maximum Gasteiger partial charge on any atom is 0.220 e. The van der Waals surface area contributed by atoms with Crippen LogP contribution in [-0.4, -0.2) is 43.5 Å². The van der Waals surface area contributed by atoms with E-state index in [9.17, 15) is 4.79 Å². The van der Waals surface area contributed by atoms with Crippen molar-refractivity contribution in [3.63, 3.8) is 0 Å². The molecule has 1 fully saturated rings. The number of nitrogens with zero attached hydrogens (tertiary/aromatic N) is 1. The first-order valence-electron chi connectivity index (χ1n) is 8.95. The summed E-state index contributed by atoms with van der Waals surface area (Å²) in [6, 6.07) is 0. The van der Waals surface area contributed by atoms with Gasteiger partial charge in [-0.2, -0.15) is 0 Å². The Labute approximate surface area is 130 Å². The lowest BCUT2D eigenvalue weighted by Crippen LogP contribution is -2.33. The normalized spacial score (nSPS) is 17.6. The molecule has 1 saturated heterocycles. The zero-order chi connectivity index (χ0) is 15.3. The van der Waals surface area contributed by atoms with Gasteiger partial charge in [-0.15, -0.1) is 0 Å². The molecule has 1 unspecified atom stereocenters. The fourth-order valence-electron chi connectivity index (χ4n) is 3.21. The molecule has 0 bridgehead atoms. The van der Waals surface area contributed by atoms with Crippen LogP contribution in [0.5, 0.6) is 0 Å². The number of carbonyl (C=O) groups is 1. The van der Waals surface area contributed by atoms with E-state index in [1.165, 1.54) is 45.2 Å². The number of piperidine rings is 1. The van der Waals surface area contributed by atoms with Crippen LogP contribution in [0.1, 0.15) is 64.7 Å². The molecular weight excluding hydrogens is 262 g/mol. The van der Waals surface area contributed by atoms with Gasteiger partial charge in [-0.3, -0.25) is 4.79 Å². The molecule has 1 rings (SSSR count).